The fourth-order valence-corrected chi connectivity index (χ4v) is 6.33. The van der Waals surface area contributed by atoms with Crippen LogP contribution in [0.5, 0.6) is 0 Å². The van der Waals surface area contributed by atoms with Gasteiger partial charge >= 0.3 is 5.97 Å². The lowest BCUT2D eigenvalue weighted by Crippen LogP contribution is -2.40. The molecule has 7 nitrogen and oxygen atoms in total. The number of nitrogens with zero attached hydrogens (tertiary/aromatic N) is 3. The zero-order valence-electron chi connectivity index (χ0n) is 18.6. The van der Waals surface area contributed by atoms with Gasteiger partial charge in [-0.2, -0.15) is 0 Å². The highest BCUT2D eigenvalue weighted by atomic mass is 32.1. The molecule has 2 aliphatic heterocycles. The van der Waals surface area contributed by atoms with E-state index in [-0.39, 0.29) is 18.1 Å². The van der Waals surface area contributed by atoms with E-state index in [9.17, 15) is 14.4 Å². The fraction of sp³-hybridized carbons (Fsp3) is 0.200. The molecule has 172 valence electrons. The van der Waals surface area contributed by atoms with Crippen LogP contribution in [-0.4, -0.2) is 29.6 Å². The zero-order valence-corrected chi connectivity index (χ0v) is 20.2. The first-order valence-electron chi connectivity index (χ1n) is 10.8. The van der Waals surface area contributed by atoms with E-state index in [1.54, 1.807) is 24.8 Å². The normalized spacial score (nSPS) is 18.5. The Kier molecular flexibility index (Phi) is 5.66. The third-order valence-corrected chi connectivity index (χ3v) is 7.75. The lowest BCUT2D eigenvalue weighted by Gasteiger charge is -2.23. The summed E-state index contributed by atoms with van der Waals surface area (Å²) in [6, 6.07) is 10.5. The fourth-order valence-electron chi connectivity index (χ4n) is 4.37. The van der Waals surface area contributed by atoms with Crippen molar-refractivity contribution in [3.05, 3.63) is 95.8 Å². The summed E-state index contributed by atoms with van der Waals surface area (Å²) in [6.45, 7) is 7.79. The van der Waals surface area contributed by atoms with Gasteiger partial charge in [0.25, 0.3) is 11.5 Å². The van der Waals surface area contributed by atoms with Crippen molar-refractivity contribution < 1.29 is 14.3 Å². The Bertz CT molecular complexity index is 1540. The largest absolute Gasteiger partial charge is 0.463 e. The molecular formula is C25H21N3O4S2. The molecule has 4 heterocycles. The number of ether oxygens (including phenoxy) is 1. The Hall–Kier alpha value is -3.56. The van der Waals surface area contributed by atoms with Crippen LogP contribution in [0.4, 0.5) is 5.69 Å². The molecule has 1 atom stereocenters. The van der Waals surface area contributed by atoms with Crippen LogP contribution in [0.15, 0.2) is 75.5 Å². The summed E-state index contributed by atoms with van der Waals surface area (Å²) in [5.74, 6) is -0.750. The average Bonchev–Trinajstić information content (AvgIpc) is 3.52. The van der Waals surface area contributed by atoms with Gasteiger partial charge in [-0.15, -0.1) is 17.9 Å². The number of hydrogen-bond donors (Lipinski definition) is 0. The van der Waals surface area contributed by atoms with Crippen LogP contribution in [0.25, 0.3) is 5.57 Å². The number of fused-ring (bicyclic) bond motifs is 2. The summed E-state index contributed by atoms with van der Waals surface area (Å²) in [5, 5.41) is 1.90. The predicted molar refractivity (Wildman–Crippen MR) is 133 cm³/mol. The maximum Gasteiger partial charge on any atom is 0.338 e. The van der Waals surface area contributed by atoms with Crippen molar-refractivity contribution in [1.82, 2.24) is 4.57 Å². The van der Waals surface area contributed by atoms with E-state index in [0.29, 0.717) is 38.3 Å². The molecule has 0 bridgehead atoms. The quantitative estimate of drug-likeness (QED) is 0.406. The van der Waals surface area contributed by atoms with Gasteiger partial charge < -0.3 is 9.64 Å². The highest BCUT2D eigenvalue weighted by Gasteiger charge is 2.37. The van der Waals surface area contributed by atoms with Gasteiger partial charge in [0.05, 0.1) is 29.1 Å². The topological polar surface area (TPSA) is 81.0 Å². The molecule has 2 aromatic heterocycles. The number of hydrogen-bond acceptors (Lipinski definition) is 7. The van der Waals surface area contributed by atoms with Crippen molar-refractivity contribution in [2.24, 2.45) is 4.99 Å². The molecule has 9 heteroatoms. The first-order chi connectivity index (χ1) is 16.5. The Morgan fingerprint density at radius 3 is 2.74 bits per heavy atom. The van der Waals surface area contributed by atoms with E-state index in [2.05, 4.69) is 11.6 Å². The van der Waals surface area contributed by atoms with Crippen LogP contribution in [0, 0.1) is 0 Å². The van der Waals surface area contributed by atoms with Gasteiger partial charge in [-0.3, -0.25) is 14.2 Å². The number of anilines is 1. The molecule has 0 saturated heterocycles. The first kappa shape index (κ1) is 22.2. The molecule has 0 fully saturated rings. The van der Waals surface area contributed by atoms with Crippen LogP contribution in [0.3, 0.4) is 0 Å². The Morgan fingerprint density at radius 1 is 1.24 bits per heavy atom. The second kappa shape index (κ2) is 8.66. The minimum absolute atomic E-state index is 0.214. The molecule has 2 aliphatic rings. The number of thiophene rings is 1. The lowest BCUT2D eigenvalue weighted by atomic mass is 10.0. The van der Waals surface area contributed by atoms with Crippen molar-refractivity contribution >= 4 is 45.8 Å². The molecular weight excluding hydrogens is 470 g/mol. The monoisotopic (exact) mass is 491 g/mol. The number of rotatable bonds is 5. The van der Waals surface area contributed by atoms with Gasteiger partial charge in [-0.1, -0.05) is 41.7 Å². The second-order valence-corrected chi connectivity index (χ2v) is 9.69. The number of allylic oxidation sites excluding steroid dienone is 1. The Labute approximate surface area is 203 Å². The molecule has 0 spiro atoms. The van der Waals surface area contributed by atoms with Gasteiger partial charge in [0.2, 0.25) is 0 Å². The minimum Gasteiger partial charge on any atom is -0.463 e. The van der Waals surface area contributed by atoms with Gasteiger partial charge in [0.1, 0.15) is 10.6 Å². The van der Waals surface area contributed by atoms with Crippen LogP contribution in [0.1, 0.15) is 30.3 Å². The molecule has 34 heavy (non-hydrogen) atoms. The number of aromatic nitrogens is 1. The van der Waals surface area contributed by atoms with Crippen LogP contribution < -0.4 is 19.8 Å². The van der Waals surface area contributed by atoms with Crippen molar-refractivity contribution in [2.45, 2.75) is 19.9 Å². The number of amides is 1. The third kappa shape index (κ3) is 3.31. The third-order valence-electron chi connectivity index (χ3n) is 5.77. The number of esters is 1. The number of para-hydroxylation sites is 1. The summed E-state index contributed by atoms with van der Waals surface area (Å²) in [5.41, 5.74) is 2.28. The van der Waals surface area contributed by atoms with E-state index in [4.69, 9.17) is 4.74 Å². The molecule has 0 aliphatic carbocycles. The van der Waals surface area contributed by atoms with Crippen LogP contribution in [-0.2, 0) is 14.3 Å². The summed E-state index contributed by atoms with van der Waals surface area (Å²) in [4.78, 5) is 47.7. The van der Waals surface area contributed by atoms with E-state index in [1.165, 1.54) is 27.2 Å². The molecule has 0 saturated carbocycles. The predicted octanol–water partition coefficient (Wildman–Crippen LogP) is 2.76. The number of carbonyl (C=O) groups excluding carboxylic acids is 2. The van der Waals surface area contributed by atoms with Crippen molar-refractivity contribution in [2.75, 3.05) is 18.1 Å². The minimum atomic E-state index is -0.666. The zero-order chi connectivity index (χ0) is 24.0. The van der Waals surface area contributed by atoms with E-state index >= 15 is 0 Å². The van der Waals surface area contributed by atoms with E-state index in [0.717, 1.165) is 10.6 Å². The summed E-state index contributed by atoms with van der Waals surface area (Å²) in [6.07, 6.45) is 1.66. The van der Waals surface area contributed by atoms with Crippen molar-refractivity contribution in [1.29, 1.82) is 0 Å². The van der Waals surface area contributed by atoms with Crippen molar-refractivity contribution in [3.8, 4) is 0 Å². The van der Waals surface area contributed by atoms with Gasteiger partial charge in [-0.25, -0.2) is 9.79 Å². The highest BCUT2D eigenvalue weighted by molar-refractivity contribution is 7.10. The van der Waals surface area contributed by atoms with Gasteiger partial charge in [0, 0.05) is 17.0 Å². The van der Waals surface area contributed by atoms with Gasteiger partial charge in [0.15, 0.2) is 4.80 Å². The van der Waals surface area contributed by atoms with Crippen molar-refractivity contribution in [3.63, 3.8) is 0 Å². The molecule has 1 amide bonds. The molecule has 1 aromatic carbocycles. The smallest absolute Gasteiger partial charge is 0.338 e. The SMILES string of the molecule is C=CCN1C(=O)C(=c2sc3n(c2=O)[C@@H](c2cccs2)C(C(=O)OCC)=C(C)N=3)c2ccccc21. The maximum absolute atomic E-state index is 13.9. The average molecular weight is 492 g/mol. The summed E-state index contributed by atoms with van der Waals surface area (Å²) >= 11 is 2.62. The molecule has 0 radical (unpaired) electrons. The van der Waals surface area contributed by atoms with Crippen LogP contribution in [0.2, 0.25) is 0 Å². The second-order valence-electron chi connectivity index (χ2n) is 7.73. The Balaban J connectivity index is 1.81. The maximum atomic E-state index is 13.9. The number of thiazole rings is 1. The Morgan fingerprint density at radius 2 is 2.03 bits per heavy atom. The van der Waals surface area contributed by atoms with E-state index in [1.807, 2.05) is 41.8 Å². The standard InChI is InChI=1S/C25H21N3O4S2/c1-4-12-27-16-10-7-6-9-15(16)19(22(27)29)21-23(30)28-20(17-11-8-13-33-17)18(24(31)32-5-2)14(3)26-25(28)34-21/h4,6-11,13,20H,1,5,12H2,2-3H3/t20-/m0/s1. The van der Waals surface area contributed by atoms with Crippen LogP contribution >= 0.6 is 22.7 Å². The number of carbonyl (C=O) groups is 2. The van der Waals surface area contributed by atoms with E-state index < -0.39 is 12.0 Å². The highest BCUT2D eigenvalue weighted by Crippen LogP contribution is 2.36. The molecule has 5 rings (SSSR count). The molecule has 0 N–H and O–H groups in total. The summed E-state index contributed by atoms with van der Waals surface area (Å²) < 4.78 is 7.13. The lowest BCUT2D eigenvalue weighted by molar-refractivity contribution is -0.139. The van der Waals surface area contributed by atoms with Gasteiger partial charge in [-0.05, 0) is 31.4 Å². The molecule has 0 unspecified atom stereocenters. The first-order valence-corrected chi connectivity index (χ1v) is 12.4. The summed E-state index contributed by atoms with van der Waals surface area (Å²) in [7, 11) is 0. The molecule has 3 aromatic rings. The number of benzene rings is 1.